The molecule has 0 saturated carbocycles. The van der Waals surface area contributed by atoms with Crippen LogP contribution in [0.1, 0.15) is 22.8 Å². The van der Waals surface area contributed by atoms with E-state index in [0.29, 0.717) is 11.3 Å². The van der Waals surface area contributed by atoms with Gasteiger partial charge in [0.25, 0.3) is 5.91 Å². The maximum Gasteiger partial charge on any atom is 0.325 e. The van der Waals surface area contributed by atoms with Crippen LogP contribution in [-0.4, -0.2) is 36.3 Å². The minimum Gasteiger partial charge on any atom is -0.497 e. The molecule has 1 heterocycles. The summed E-state index contributed by atoms with van der Waals surface area (Å²) in [5, 5.41) is 2.57. The van der Waals surface area contributed by atoms with Gasteiger partial charge in [0.15, 0.2) is 17.4 Å². The molecule has 1 aliphatic rings. The highest BCUT2D eigenvalue weighted by Crippen LogP contribution is 2.30. The molecule has 3 amide bonds. The van der Waals surface area contributed by atoms with E-state index in [9.17, 15) is 23.2 Å². The zero-order chi connectivity index (χ0) is 19.8. The Hall–Kier alpha value is -3.29. The average Bonchev–Trinajstić information content (AvgIpc) is 2.88. The van der Waals surface area contributed by atoms with Crippen molar-refractivity contribution in [2.75, 3.05) is 13.7 Å². The van der Waals surface area contributed by atoms with E-state index >= 15 is 0 Å². The molecule has 0 aliphatic carbocycles. The summed E-state index contributed by atoms with van der Waals surface area (Å²) in [6, 6.07) is 8.48. The highest BCUT2D eigenvalue weighted by atomic mass is 19.2. The molecule has 1 fully saturated rings. The number of hydrogen-bond donors (Lipinski definition) is 1. The van der Waals surface area contributed by atoms with Crippen molar-refractivity contribution in [2.45, 2.75) is 12.5 Å². The number of ketones is 1. The van der Waals surface area contributed by atoms with Crippen molar-refractivity contribution in [3.63, 3.8) is 0 Å². The zero-order valence-electron chi connectivity index (χ0n) is 14.6. The number of nitrogens with one attached hydrogen (secondary N) is 1. The van der Waals surface area contributed by atoms with Gasteiger partial charge in [-0.1, -0.05) is 12.1 Å². The van der Waals surface area contributed by atoms with Gasteiger partial charge in [0.1, 0.15) is 11.3 Å². The number of halogens is 2. The predicted molar refractivity (Wildman–Crippen MR) is 91.3 cm³/mol. The molecule has 1 aliphatic heterocycles. The Kier molecular flexibility index (Phi) is 4.65. The second-order valence-corrected chi connectivity index (χ2v) is 6.23. The molecule has 0 radical (unpaired) electrons. The summed E-state index contributed by atoms with van der Waals surface area (Å²) in [5.74, 6) is -2.98. The van der Waals surface area contributed by atoms with Crippen LogP contribution in [0.15, 0.2) is 42.5 Å². The molecule has 0 unspecified atom stereocenters. The fraction of sp³-hybridized carbons (Fsp3) is 0.211. The smallest absolute Gasteiger partial charge is 0.325 e. The van der Waals surface area contributed by atoms with Gasteiger partial charge < -0.3 is 10.1 Å². The summed E-state index contributed by atoms with van der Waals surface area (Å²) in [7, 11) is 1.50. The highest BCUT2D eigenvalue weighted by Gasteiger charge is 2.49. The maximum absolute atomic E-state index is 13.3. The first-order valence-electron chi connectivity index (χ1n) is 8.03. The van der Waals surface area contributed by atoms with Gasteiger partial charge in [-0.25, -0.2) is 13.6 Å². The van der Waals surface area contributed by atoms with Gasteiger partial charge in [0.2, 0.25) is 0 Å². The number of benzene rings is 2. The summed E-state index contributed by atoms with van der Waals surface area (Å²) in [5.41, 5.74) is -0.963. The van der Waals surface area contributed by atoms with E-state index in [2.05, 4.69) is 5.32 Å². The van der Waals surface area contributed by atoms with E-state index < -0.39 is 41.4 Å². The Morgan fingerprint density at radius 2 is 1.78 bits per heavy atom. The fourth-order valence-corrected chi connectivity index (χ4v) is 2.87. The van der Waals surface area contributed by atoms with E-state index in [1.165, 1.54) is 14.0 Å². The van der Waals surface area contributed by atoms with Crippen LogP contribution in [0.4, 0.5) is 13.6 Å². The molecule has 1 N–H and O–H groups in total. The van der Waals surface area contributed by atoms with Crippen LogP contribution in [0.3, 0.4) is 0 Å². The van der Waals surface area contributed by atoms with Crippen LogP contribution >= 0.6 is 0 Å². The lowest BCUT2D eigenvalue weighted by molar-refractivity contribution is -0.130. The minimum atomic E-state index is -1.35. The van der Waals surface area contributed by atoms with Crippen molar-refractivity contribution < 1.29 is 27.9 Å². The maximum atomic E-state index is 13.3. The molecule has 0 aromatic heterocycles. The number of rotatable bonds is 5. The van der Waals surface area contributed by atoms with Gasteiger partial charge in [-0.2, -0.15) is 0 Å². The van der Waals surface area contributed by atoms with E-state index in [4.69, 9.17) is 4.74 Å². The van der Waals surface area contributed by atoms with Gasteiger partial charge in [-0.3, -0.25) is 14.5 Å². The third kappa shape index (κ3) is 3.25. The Morgan fingerprint density at radius 3 is 2.37 bits per heavy atom. The standard InChI is InChI=1S/C19H16F2N2O4/c1-19(12-4-6-13(27-2)7-5-12)17(25)23(18(26)22-19)10-16(24)11-3-8-14(20)15(21)9-11/h3-9H,10H2,1-2H3,(H,22,26)/t19-/m0/s1. The Labute approximate surface area is 153 Å². The number of methoxy groups -OCH3 is 1. The highest BCUT2D eigenvalue weighted by molar-refractivity contribution is 6.11. The van der Waals surface area contributed by atoms with Gasteiger partial charge >= 0.3 is 6.03 Å². The molecule has 27 heavy (non-hydrogen) atoms. The van der Waals surface area contributed by atoms with E-state index in [0.717, 1.165) is 23.1 Å². The van der Waals surface area contributed by atoms with Gasteiger partial charge in [-0.05, 0) is 42.8 Å². The first-order chi connectivity index (χ1) is 12.8. The van der Waals surface area contributed by atoms with E-state index in [1.807, 2.05) is 0 Å². The number of carbonyl (C=O) groups is 3. The molecule has 3 rings (SSSR count). The lowest BCUT2D eigenvalue weighted by atomic mass is 9.92. The number of imide groups is 1. The van der Waals surface area contributed by atoms with Crippen LogP contribution in [0.5, 0.6) is 5.75 Å². The number of urea groups is 1. The van der Waals surface area contributed by atoms with Crippen LogP contribution in [0.2, 0.25) is 0 Å². The first kappa shape index (κ1) is 18.5. The second-order valence-electron chi connectivity index (χ2n) is 6.23. The van der Waals surface area contributed by atoms with Gasteiger partial charge in [0.05, 0.1) is 13.7 Å². The third-order valence-electron chi connectivity index (χ3n) is 4.49. The van der Waals surface area contributed by atoms with Crippen LogP contribution in [0.25, 0.3) is 0 Å². The molecule has 8 heteroatoms. The average molecular weight is 374 g/mol. The number of ether oxygens (including phenoxy) is 1. The van der Waals surface area contributed by atoms with Crippen LogP contribution in [0, 0.1) is 11.6 Å². The summed E-state index contributed by atoms with van der Waals surface area (Å²) in [4.78, 5) is 38.1. The van der Waals surface area contributed by atoms with E-state index in [-0.39, 0.29) is 5.56 Å². The molecule has 6 nitrogen and oxygen atoms in total. The Bertz CT molecular complexity index is 930. The van der Waals surface area contributed by atoms with Gasteiger partial charge in [-0.15, -0.1) is 0 Å². The molecule has 140 valence electrons. The molecular weight excluding hydrogens is 358 g/mol. The molecule has 2 aromatic rings. The molecule has 2 aromatic carbocycles. The second kappa shape index (κ2) is 6.79. The largest absolute Gasteiger partial charge is 0.497 e. The first-order valence-corrected chi connectivity index (χ1v) is 8.03. The van der Waals surface area contributed by atoms with Crippen molar-refractivity contribution in [3.05, 3.63) is 65.2 Å². The number of amides is 3. The Balaban J connectivity index is 1.82. The number of Topliss-reactive ketones (excluding diaryl/α,β-unsaturated/α-hetero) is 1. The molecule has 1 atom stereocenters. The summed E-state index contributed by atoms with van der Waals surface area (Å²) in [6.45, 7) is 0.943. The van der Waals surface area contributed by atoms with Crippen LogP contribution < -0.4 is 10.1 Å². The van der Waals surface area contributed by atoms with Crippen molar-refractivity contribution in [1.82, 2.24) is 10.2 Å². The zero-order valence-corrected chi connectivity index (χ0v) is 14.6. The molecular formula is C19H16F2N2O4. The van der Waals surface area contributed by atoms with Gasteiger partial charge in [0, 0.05) is 5.56 Å². The number of hydrogen-bond acceptors (Lipinski definition) is 4. The third-order valence-corrected chi connectivity index (χ3v) is 4.49. The number of carbonyl (C=O) groups excluding carboxylic acids is 3. The number of nitrogens with zero attached hydrogens (tertiary/aromatic N) is 1. The van der Waals surface area contributed by atoms with E-state index in [1.54, 1.807) is 24.3 Å². The fourth-order valence-electron chi connectivity index (χ4n) is 2.87. The summed E-state index contributed by atoms with van der Waals surface area (Å²) >= 11 is 0. The summed E-state index contributed by atoms with van der Waals surface area (Å²) < 4.78 is 31.4. The lowest BCUT2D eigenvalue weighted by Crippen LogP contribution is -2.41. The predicted octanol–water partition coefficient (Wildman–Crippen LogP) is 2.62. The minimum absolute atomic E-state index is 0.132. The van der Waals surface area contributed by atoms with Crippen molar-refractivity contribution in [1.29, 1.82) is 0 Å². The molecule has 1 saturated heterocycles. The topological polar surface area (TPSA) is 75.7 Å². The van der Waals surface area contributed by atoms with Crippen molar-refractivity contribution >= 4 is 17.7 Å². The SMILES string of the molecule is COc1ccc([C@]2(C)NC(=O)N(CC(=O)c3ccc(F)c(F)c3)C2=O)cc1. The Morgan fingerprint density at radius 1 is 1.11 bits per heavy atom. The lowest BCUT2D eigenvalue weighted by Gasteiger charge is -2.22. The monoisotopic (exact) mass is 374 g/mol. The summed E-state index contributed by atoms with van der Waals surface area (Å²) in [6.07, 6.45) is 0. The molecule has 0 bridgehead atoms. The quantitative estimate of drug-likeness (QED) is 0.645. The van der Waals surface area contributed by atoms with Crippen molar-refractivity contribution in [2.24, 2.45) is 0 Å². The molecule has 0 spiro atoms. The normalized spacial score (nSPS) is 19.2. The van der Waals surface area contributed by atoms with Crippen molar-refractivity contribution in [3.8, 4) is 5.75 Å². The van der Waals surface area contributed by atoms with Crippen LogP contribution in [-0.2, 0) is 10.3 Å².